The molecule has 0 radical (unpaired) electrons. The summed E-state index contributed by atoms with van der Waals surface area (Å²) in [5.74, 6) is -0.151. The Labute approximate surface area is 159 Å². The molecule has 0 aromatic heterocycles. The maximum absolute atomic E-state index is 12.3. The van der Waals surface area contributed by atoms with Crippen molar-refractivity contribution >= 4 is 28.7 Å². The lowest BCUT2D eigenvalue weighted by Crippen LogP contribution is -2.11. The van der Waals surface area contributed by atoms with Crippen LogP contribution in [0.4, 0.5) is 22.7 Å². The molecule has 3 aromatic rings. The molecule has 0 unspecified atom stereocenters. The van der Waals surface area contributed by atoms with Gasteiger partial charge in [0, 0.05) is 31.0 Å². The van der Waals surface area contributed by atoms with Gasteiger partial charge in [0.05, 0.1) is 11.4 Å². The highest BCUT2D eigenvalue weighted by Gasteiger charge is 2.06. The van der Waals surface area contributed by atoms with E-state index in [1.54, 1.807) is 24.3 Å². The van der Waals surface area contributed by atoms with E-state index in [1.807, 2.05) is 74.4 Å². The van der Waals surface area contributed by atoms with E-state index in [1.165, 1.54) is 0 Å². The maximum atomic E-state index is 12.3. The van der Waals surface area contributed by atoms with Crippen LogP contribution in [0.25, 0.3) is 0 Å². The van der Waals surface area contributed by atoms with Gasteiger partial charge in [-0.15, -0.1) is 0 Å². The lowest BCUT2D eigenvalue weighted by molar-refractivity contribution is 0.102. The Hall–Kier alpha value is -3.47. The van der Waals surface area contributed by atoms with Gasteiger partial charge in [-0.1, -0.05) is 17.7 Å². The second kappa shape index (κ2) is 8.27. The summed E-state index contributed by atoms with van der Waals surface area (Å²) < 4.78 is 0. The molecule has 3 aromatic carbocycles. The largest absolute Gasteiger partial charge is 0.378 e. The first kappa shape index (κ1) is 18.3. The van der Waals surface area contributed by atoms with Gasteiger partial charge in [-0.3, -0.25) is 4.79 Å². The number of amides is 1. The van der Waals surface area contributed by atoms with Crippen LogP contribution in [0.15, 0.2) is 83.0 Å². The van der Waals surface area contributed by atoms with Crippen LogP contribution in [0.5, 0.6) is 0 Å². The molecule has 0 aliphatic rings. The zero-order valence-electron chi connectivity index (χ0n) is 15.7. The monoisotopic (exact) mass is 358 g/mol. The van der Waals surface area contributed by atoms with Gasteiger partial charge in [-0.25, -0.2) is 0 Å². The summed E-state index contributed by atoms with van der Waals surface area (Å²) in [4.78, 5) is 14.3. The number of aryl methyl sites for hydroxylation is 1. The summed E-state index contributed by atoms with van der Waals surface area (Å²) in [7, 11) is 3.99. The first-order valence-corrected chi connectivity index (χ1v) is 8.68. The van der Waals surface area contributed by atoms with Crippen molar-refractivity contribution in [1.82, 2.24) is 0 Å². The van der Waals surface area contributed by atoms with Crippen molar-refractivity contribution in [3.8, 4) is 0 Å². The molecule has 1 N–H and O–H groups in total. The van der Waals surface area contributed by atoms with Gasteiger partial charge in [-0.2, -0.15) is 10.2 Å². The molecule has 0 fully saturated rings. The number of azo groups is 1. The number of benzene rings is 3. The average Bonchev–Trinajstić information content (AvgIpc) is 2.69. The minimum atomic E-state index is -0.151. The Bertz CT molecular complexity index is 928. The summed E-state index contributed by atoms with van der Waals surface area (Å²) in [6, 6.07) is 22.6. The highest BCUT2D eigenvalue weighted by atomic mass is 16.1. The molecule has 0 saturated heterocycles. The van der Waals surface area contributed by atoms with E-state index in [0.29, 0.717) is 11.3 Å². The molecule has 3 rings (SSSR count). The van der Waals surface area contributed by atoms with Gasteiger partial charge >= 0.3 is 0 Å². The Kier molecular flexibility index (Phi) is 5.61. The molecule has 0 aliphatic heterocycles. The Morgan fingerprint density at radius 3 is 1.81 bits per heavy atom. The molecule has 0 heterocycles. The average molecular weight is 358 g/mol. The minimum absolute atomic E-state index is 0.151. The Morgan fingerprint density at radius 1 is 0.778 bits per heavy atom. The van der Waals surface area contributed by atoms with E-state index in [9.17, 15) is 4.79 Å². The standard InChI is InChI=1S/C22H22N4O/c1-16-4-8-18(9-5-16)23-22(27)17-6-10-19(11-7-17)24-25-20-12-14-21(15-13-20)26(2)3/h4-15H,1-3H3,(H,23,27). The molecule has 0 aliphatic carbocycles. The summed E-state index contributed by atoms with van der Waals surface area (Å²) in [5, 5.41) is 11.3. The van der Waals surface area contributed by atoms with Crippen molar-refractivity contribution in [2.45, 2.75) is 6.92 Å². The summed E-state index contributed by atoms with van der Waals surface area (Å²) in [6.07, 6.45) is 0. The molecule has 0 spiro atoms. The van der Waals surface area contributed by atoms with E-state index in [4.69, 9.17) is 0 Å². The van der Waals surface area contributed by atoms with Crippen molar-refractivity contribution in [2.75, 3.05) is 24.3 Å². The number of nitrogens with one attached hydrogen (secondary N) is 1. The zero-order chi connectivity index (χ0) is 19.2. The fourth-order valence-electron chi connectivity index (χ4n) is 2.45. The highest BCUT2D eigenvalue weighted by molar-refractivity contribution is 6.04. The molecule has 136 valence electrons. The van der Waals surface area contributed by atoms with Crippen molar-refractivity contribution in [3.63, 3.8) is 0 Å². The summed E-state index contributed by atoms with van der Waals surface area (Å²) >= 11 is 0. The second-order valence-electron chi connectivity index (χ2n) is 6.48. The van der Waals surface area contributed by atoms with Gasteiger partial charge in [0.15, 0.2) is 0 Å². The van der Waals surface area contributed by atoms with E-state index >= 15 is 0 Å². The SMILES string of the molecule is Cc1ccc(NC(=O)c2ccc(N=Nc3ccc(N(C)C)cc3)cc2)cc1. The fraction of sp³-hybridized carbons (Fsp3) is 0.136. The van der Waals surface area contributed by atoms with Crippen LogP contribution < -0.4 is 10.2 Å². The van der Waals surface area contributed by atoms with Crippen molar-refractivity contribution in [2.24, 2.45) is 10.2 Å². The zero-order valence-corrected chi connectivity index (χ0v) is 15.7. The maximum Gasteiger partial charge on any atom is 0.255 e. The van der Waals surface area contributed by atoms with Crippen LogP contribution in [0.1, 0.15) is 15.9 Å². The first-order chi connectivity index (χ1) is 13.0. The molecule has 1 amide bonds. The third-order valence-corrected chi connectivity index (χ3v) is 4.09. The highest BCUT2D eigenvalue weighted by Crippen LogP contribution is 2.22. The van der Waals surface area contributed by atoms with Gasteiger partial charge in [-0.05, 0) is 67.6 Å². The van der Waals surface area contributed by atoms with Crippen molar-refractivity contribution in [3.05, 3.63) is 83.9 Å². The van der Waals surface area contributed by atoms with Crippen LogP contribution in [0.3, 0.4) is 0 Å². The molecular formula is C22H22N4O. The molecule has 0 atom stereocenters. The number of hydrogen-bond acceptors (Lipinski definition) is 4. The quantitative estimate of drug-likeness (QED) is 0.592. The molecule has 0 bridgehead atoms. The molecule has 27 heavy (non-hydrogen) atoms. The van der Waals surface area contributed by atoms with Gasteiger partial charge in [0.2, 0.25) is 0 Å². The fourth-order valence-corrected chi connectivity index (χ4v) is 2.45. The summed E-state index contributed by atoms with van der Waals surface area (Å²) in [6.45, 7) is 2.01. The van der Waals surface area contributed by atoms with Crippen LogP contribution in [-0.4, -0.2) is 20.0 Å². The molecule has 0 saturated carbocycles. The molecular weight excluding hydrogens is 336 g/mol. The number of nitrogens with zero attached hydrogens (tertiary/aromatic N) is 3. The minimum Gasteiger partial charge on any atom is -0.378 e. The van der Waals surface area contributed by atoms with Gasteiger partial charge in [0.25, 0.3) is 5.91 Å². The van der Waals surface area contributed by atoms with E-state index in [2.05, 4.69) is 15.5 Å². The van der Waals surface area contributed by atoms with E-state index in [0.717, 1.165) is 22.6 Å². The number of anilines is 2. The van der Waals surface area contributed by atoms with E-state index in [-0.39, 0.29) is 5.91 Å². The third kappa shape index (κ3) is 5.01. The normalized spacial score (nSPS) is 10.8. The predicted octanol–water partition coefficient (Wildman–Crippen LogP) is 5.73. The number of carbonyl (C=O) groups excluding carboxylic acids is 1. The smallest absolute Gasteiger partial charge is 0.255 e. The molecule has 5 nitrogen and oxygen atoms in total. The van der Waals surface area contributed by atoms with Gasteiger partial charge in [0.1, 0.15) is 0 Å². The van der Waals surface area contributed by atoms with Crippen molar-refractivity contribution in [1.29, 1.82) is 0 Å². The van der Waals surface area contributed by atoms with Crippen LogP contribution in [0.2, 0.25) is 0 Å². The Morgan fingerprint density at radius 2 is 1.30 bits per heavy atom. The lowest BCUT2D eigenvalue weighted by atomic mass is 10.2. The summed E-state index contributed by atoms with van der Waals surface area (Å²) in [5.41, 5.74) is 5.08. The van der Waals surface area contributed by atoms with Gasteiger partial charge < -0.3 is 10.2 Å². The van der Waals surface area contributed by atoms with Crippen LogP contribution in [-0.2, 0) is 0 Å². The number of carbonyl (C=O) groups is 1. The third-order valence-electron chi connectivity index (χ3n) is 4.09. The van der Waals surface area contributed by atoms with E-state index < -0.39 is 0 Å². The lowest BCUT2D eigenvalue weighted by Gasteiger charge is -2.11. The first-order valence-electron chi connectivity index (χ1n) is 8.68. The number of hydrogen-bond donors (Lipinski definition) is 1. The topological polar surface area (TPSA) is 57.1 Å². The van der Waals surface area contributed by atoms with Crippen LogP contribution >= 0.6 is 0 Å². The molecule has 5 heteroatoms. The van der Waals surface area contributed by atoms with Crippen molar-refractivity contribution < 1.29 is 4.79 Å². The second-order valence-corrected chi connectivity index (χ2v) is 6.48. The Balaban J connectivity index is 1.64. The number of rotatable bonds is 5. The predicted molar refractivity (Wildman–Crippen MR) is 111 cm³/mol. The van der Waals surface area contributed by atoms with Crippen LogP contribution in [0, 0.1) is 6.92 Å².